The lowest BCUT2D eigenvalue weighted by atomic mass is 9.89. The summed E-state index contributed by atoms with van der Waals surface area (Å²) in [7, 11) is 0. The highest BCUT2D eigenvalue weighted by atomic mass is 79.9. The van der Waals surface area contributed by atoms with Gasteiger partial charge in [-0.3, -0.25) is 29.4 Å². The summed E-state index contributed by atoms with van der Waals surface area (Å²) < 4.78 is 7.34. The zero-order chi connectivity index (χ0) is 46.7. The number of benzene rings is 2. The Labute approximate surface area is 415 Å². The van der Waals surface area contributed by atoms with E-state index in [0.717, 1.165) is 121 Å². The largest absolute Gasteiger partial charge is 0.481 e. The number of likely N-dealkylation sites (tertiary alicyclic amines) is 3. The number of carbonyl (C=O) groups excluding carboxylic acids is 2. The van der Waals surface area contributed by atoms with Crippen LogP contribution in [0.25, 0.3) is 0 Å². The maximum atomic E-state index is 13.5. The molecule has 2 aromatic heterocycles. The van der Waals surface area contributed by atoms with Crippen molar-refractivity contribution in [3.05, 3.63) is 125 Å². The Kier molecular flexibility index (Phi) is 15.8. The highest BCUT2D eigenvalue weighted by Gasteiger charge is 2.37. The molecule has 15 heteroatoms. The van der Waals surface area contributed by atoms with E-state index < -0.39 is 11.6 Å². The monoisotopic (exact) mass is 1060 g/mol. The number of nitrogens with zero attached hydrogens (tertiary/aromatic N) is 5. The first-order chi connectivity index (χ1) is 31.6. The summed E-state index contributed by atoms with van der Waals surface area (Å²) in [5.74, 6) is -0.205. The van der Waals surface area contributed by atoms with Crippen molar-refractivity contribution in [2.75, 3.05) is 45.8 Å². The van der Waals surface area contributed by atoms with Gasteiger partial charge in [-0.1, -0.05) is 35.3 Å². The minimum Gasteiger partial charge on any atom is -0.481 e. The SMILES string of the molecule is CC(C)(C)OC(=O)NCC1CCN(C(=O)C2CCN(C3c4ccc(Cl)cc4CCc4cc(Br)cnc43)CC2)CC1.O=C(O)C1CCN(C2c3ccc(Cl)cc3CCc3cc(Br)cnc32)CC1. The third-order valence-electron chi connectivity index (χ3n) is 13.9. The lowest BCUT2D eigenvalue weighted by Crippen LogP contribution is -2.47. The van der Waals surface area contributed by atoms with Crippen LogP contribution in [0.4, 0.5) is 4.79 Å². The van der Waals surface area contributed by atoms with Crippen molar-refractivity contribution in [3.8, 4) is 0 Å². The van der Waals surface area contributed by atoms with Crippen LogP contribution in [0, 0.1) is 17.8 Å². The molecule has 9 rings (SSSR count). The first kappa shape index (κ1) is 48.9. The predicted octanol–water partition coefficient (Wildman–Crippen LogP) is 10.6. The van der Waals surface area contributed by atoms with E-state index in [-0.39, 0.29) is 35.9 Å². The number of ether oxygens (including phenoxy) is 1. The predicted molar refractivity (Wildman–Crippen MR) is 265 cm³/mol. The fraction of sp³-hybridized carbons (Fsp3) is 0.510. The first-order valence-electron chi connectivity index (χ1n) is 23.4. The highest BCUT2D eigenvalue weighted by Crippen LogP contribution is 2.41. The second kappa shape index (κ2) is 21.4. The Morgan fingerprint density at radius 1 is 0.682 bits per heavy atom. The smallest absolute Gasteiger partial charge is 0.407 e. The molecule has 3 fully saturated rings. The van der Waals surface area contributed by atoms with Crippen molar-refractivity contribution in [3.63, 3.8) is 0 Å². The average molecular weight is 1070 g/mol. The van der Waals surface area contributed by atoms with Gasteiger partial charge in [-0.2, -0.15) is 0 Å². The van der Waals surface area contributed by atoms with Crippen LogP contribution in [0.3, 0.4) is 0 Å². The molecule has 0 bridgehead atoms. The fourth-order valence-corrected chi connectivity index (χ4v) is 11.7. The minimum absolute atomic E-state index is 0.0560. The van der Waals surface area contributed by atoms with Crippen LogP contribution in [-0.4, -0.2) is 99.2 Å². The van der Waals surface area contributed by atoms with Gasteiger partial charge < -0.3 is 20.1 Å². The molecule has 2 aromatic carbocycles. The van der Waals surface area contributed by atoms with Crippen LogP contribution in [0.5, 0.6) is 0 Å². The maximum absolute atomic E-state index is 13.5. The number of carboxylic acid groups (broad SMARTS) is 1. The quantitative estimate of drug-likeness (QED) is 0.194. The number of hydrogen-bond acceptors (Lipinski definition) is 8. The van der Waals surface area contributed by atoms with Crippen LogP contribution in [-0.2, 0) is 40.0 Å². The Morgan fingerprint density at radius 2 is 1.14 bits per heavy atom. The van der Waals surface area contributed by atoms with Crippen molar-refractivity contribution in [2.24, 2.45) is 17.8 Å². The molecule has 2 amide bonds. The van der Waals surface area contributed by atoms with Gasteiger partial charge in [0, 0.05) is 56.9 Å². The summed E-state index contributed by atoms with van der Waals surface area (Å²) in [5, 5.41) is 13.7. The zero-order valence-corrected chi connectivity index (χ0v) is 42.7. The number of alkyl carbamates (subject to hydrolysis) is 1. The molecule has 5 aliphatic rings. The van der Waals surface area contributed by atoms with Crippen LogP contribution in [0.1, 0.15) is 116 Å². The number of nitrogens with one attached hydrogen (secondary N) is 1. The summed E-state index contributed by atoms with van der Waals surface area (Å²) in [4.78, 5) is 53.4. The first-order valence-corrected chi connectivity index (χ1v) is 25.8. The van der Waals surface area contributed by atoms with E-state index in [2.05, 4.69) is 83.4 Å². The number of aryl methyl sites for hydroxylation is 4. The summed E-state index contributed by atoms with van der Waals surface area (Å²) in [6.07, 6.45) is 12.0. The van der Waals surface area contributed by atoms with E-state index >= 15 is 0 Å². The maximum Gasteiger partial charge on any atom is 0.407 e. The lowest BCUT2D eigenvalue weighted by Gasteiger charge is -2.40. The molecule has 3 aliphatic heterocycles. The standard InChI is InChI=1S/C31H40BrClN4O3.C20H20BrClN2O2/c1-31(2,3)40-30(39)35-18-20-8-12-37(13-9-20)29(38)21-10-14-36(15-11-21)28-26-7-6-25(33)17-22(26)4-5-23-16-24(32)19-34-27(23)28;21-15-9-14-2-1-13-10-16(22)3-4-17(13)19(18(14)23-11-15)24-7-5-12(6-8-24)20(25)26/h6-7,16-17,19-21,28H,4-5,8-15,18H2,1-3H3,(H,35,39);3-4,9-12,19H,1-2,5-8H2,(H,25,26). The molecule has 0 saturated carbocycles. The van der Waals surface area contributed by atoms with E-state index in [1.807, 2.05) is 50.2 Å². The van der Waals surface area contributed by atoms with E-state index in [1.54, 1.807) is 0 Å². The minimum atomic E-state index is -0.680. The van der Waals surface area contributed by atoms with Gasteiger partial charge in [0.05, 0.1) is 29.4 Å². The van der Waals surface area contributed by atoms with Crippen LogP contribution < -0.4 is 5.32 Å². The normalized spacial score (nSPS) is 20.9. The number of rotatable bonds is 6. The molecule has 66 heavy (non-hydrogen) atoms. The van der Waals surface area contributed by atoms with Gasteiger partial charge in [0.1, 0.15) is 5.60 Å². The lowest BCUT2D eigenvalue weighted by molar-refractivity contribution is -0.143. The second-order valence-electron chi connectivity index (χ2n) is 19.5. The van der Waals surface area contributed by atoms with Crippen LogP contribution in [0.15, 0.2) is 69.9 Å². The van der Waals surface area contributed by atoms with Crippen LogP contribution >= 0.6 is 55.1 Å². The summed E-state index contributed by atoms with van der Waals surface area (Å²) in [6.45, 7) is 10.9. The topological polar surface area (TPSA) is 128 Å². The molecule has 5 heterocycles. The number of carbonyl (C=O) groups is 3. The number of fused-ring (bicyclic) bond motifs is 4. The van der Waals surface area contributed by atoms with E-state index in [1.165, 1.54) is 33.4 Å². The second-order valence-corrected chi connectivity index (χ2v) is 22.2. The molecule has 352 valence electrons. The molecule has 0 radical (unpaired) electrons. The molecule has 4 aromatic rings. The Balaban J connectivity index is 0.000000196. The summed E-state index contributed by atoms with van der Waals surface area (Å²) in [5.41, 5.74) is 9.30. The molecular weight excluding hydrogens is 1010 g/mol. The number of piperidine rings is 3. The van der Waals surface area contributed by atoms with Crippen LogP contribution in [0.2, 0.25) is 10.0 Å². The Morgan fingerprint density at radius 3 is 1.59 bits per heavy atom. The molecule has 2 unspecified atom stereocenters. The number of pyridine rings is 2. The zero-order valence-electron chi connectivity index (χ0n) is 38.0. The third-order valence-corrected chi connectivity index (χ3v) is 15.3. The van der Waals surface area contributed by atoms with Crippen molar-refractivity contribution in [1.29, 1.82) is 0 Å². The number of aromatic nitrogens is 2. The van der Waals surface area contributed by atoms with E-state index in [4.69, 9.17) is 37.9 Å². The number of carboxylic acids is 1. The Hall–Kier alpha value is -3.59. The van der Waals surface area contributed by atoms with Crippen molar-refractivity contribution >= 4 is 73.0 Å². The third kappa shape index (κ3) is 11.8. The number of halogens is 4. The van der Waals surface area contributed by atoms with Gasteiger partial charge >= 0.3 is 12.1 Å². The summed E-state index contributed by atoms with van der Waals surface area (Å²) in [6, 6.07) is 16.9. The van der Waals surface area contributed by atoms with Gasteiger partial charge in [0.25, 0.3) is 0 Å². The number of aliphatic carboxylic acids is 1. The molecular formula is C51H60Br2Cl2N6O5. The van der Waals surface area contributed by atoms with E-state index in [9.17, 15) is 19.5 Å². The fourth-order valence-electron chi connectivity index (χ4n) is 10.5. The van der Waals surface area contributed by atoms with Crippen molar-refractivity contribution < 1.29 is 24.2 Å². The molecule has 11 nitrogen and oxygen atoms in total. The van der Waals surface area contributed by atoms with Crippen molar-refractivity contribution in [1.82, 2.24) is 30.0 Å². The van der Waals surface area contributed by atoms with Gasteiger partial charge in [-0.05, 0) is 219 Å². The van der Waals surface area contributed by atoms with Gasteiger partial charge in [0.15, 0.2) is 0 Å². The highest BCUT2D eigenvalue weighted by molar-refractivity contribution is 9.10. The molecule has 2 N–H and O–H groups in total. The summed E-state index contributed by atoms with van der Waals surface area (Å²) >= 11 is 19.8. The van der Waals surface area contributed by atoms with Gasteiger partial charge in [-0.15, -0.1) is 0 Å². The number of hydrogen-bond donors (Lipinski definition) is 2. The number of amides is 2. The van der Waals surface area contributed by atoms with Crippen molar-refractivity contribution in [2.45, 2.75) is 103 Å². The molecule has 0 spiro atoms. The van der Waals surface area contributed by atoms with E-state index in [0.29, 0.717) is 25.3 Å². The molecule has 2 aliphatic carbocycles. The van der Waals surface area contributed by atoms with Gasteiger partial charge in [-0.25, -0.2) is 4.79 Å². The Bertz CT molecular complexity index is 2300. The molecule has 3 saturated heterocycles. The molecule has 2 atom stereocenters. The van der Waals surface area contributed by atoms with Gasteiger partial charge in [0.2, 0.25) is 5.91 Å². The average Bonchev–Trinajstić information content (AvgIpc) is 3.55.